The second-order valence-electron chi connectivity index (χ2n) is 5.65. The van der Waals surface area contributed by atoms with Crippen LogP contribution in [-0.4, -0.2) is 40.2 Å². The number of rotatable bonds is 6. The molecule has 144 valence electrons. The topological polar surface area (TPSA) is 92.8 Å². The molecule has 2 aromatic rings. The van der Waals surface area contributed by atoms with Crippen LogP contribution in [0.1, 0.15) is 27.6 Å². The lowest BCUT2D eigenvalue weighted by molar-refractivity contribution is 0.0526. The lowest BCUT2D eigenvalue weighted by atomic mass is 10.1. The van der Waals surface area contributed by atoms with Gasteiger partial charge in [-0.05, 0) is 43.3 Å². The van der Waals surface area contributed by atoms with Crippen LogP contribution in [0.25, 0.3) is 0 Å². The van der Waals surface area contributed by atoms with Crippen molar-refractivity contribution >= 4 is 44.9 Å². The zero-order valence-electron chi connectivity index (χ0n) is 15.0. The predicted molar refractivity (Wildman–Crippen MR) is 105 cm³/mol. The molecular weight excluding hydrogens is 392 g/mol. The van der Waals surface area contributed by atoms with Gasteiger partial charge < -0.3 is 10.1 Å². The number of esters is 1. The minimum absolute atomic E-state index is 0.0991. The van der Waals surface area contributed by atoms with Gasteiger partial charge in [0.1, 0.15) is 0 Å². The number of benzene rings is 2. The van der Waals surface area contributed by atoms with Crippen LogP contribution in [0, 0.1) is 0 Å². The summed E-state index contributed by atoms with van der Waals surface area (Å²) in [7, 11) is -2.05. The number of hydrogen-bond donors (Lipinski definition) is 1. The van der Waals surface area contributed by atoms with Crippen molar-refractivity contribution in [2.75, 3.05) is 29.5 Å². The fraction of sp³-hybridized carbons (Fsp3) is 0.222. The van der Waals surface area contributed by atoms with Gasteiger partial charge in [-0.1, -0.05) is 17.7 Å². The number of nitrogens with zero attached hydrogens (tertiary/aromatic N) is 1. The van der Waals surface area contributed by atoms with E-state index in [2.05, 4.69) is 5.32 Å². The van der Waals surface area contributed by atoms with Crippen molar-refractivity contribution in [3.8, 4) is 0 Å². The molecule has 0 saturated carbocycles. The molecule has 2 rings (SSSR count). The first-order valence-electron chi connectivity index (χ1n) is 7.95. The van der Waals surface area contributed by atoms with Gasteiger partial charge in [0.05, 0.1) is 34.7 Å². The number of carbonyl (C=O) groups is 2. The highest BCUT2D eigenvalue weighted by molar-refractivity contribution is 7.92. The highest BCUT2D eigenvalue weighted by atomic mass is 35.5. The second kappa shape index (κ2) is 8.41. The monoisotopic (exact) mass is 410 g/mol. The molecule has 0 spiro atoms. The number of nitrogens with one attached hydrogen (secondary N) is 1. The summed E-state index contributed by atoms with van der Waals surface area (Å²) >= 11 is 6.15. The van der Waals surface area contributed by atoms with E-state index in [1.807, 2.05) is 0 Å². The van der Waals surface area contributed by atoms with E-state index >= 15 is 0 Å². The van der Waals surface area contributed by atoms with E-state index in [0.29, 0.717) is 16.9 Å². The predicted octanol–water partition coefficient (Wildman–Crippen LogP) is 3.16. The van der Waals surface area contributed by atoms with E-state index in [9.17, 15) is 18.0 Å². The van der Waals surface area contributed by atoms with Gasteiger partial charge >= 0.3 is 5.97 Å². The van der Waals surface area contributed by atoms with Crippen molar-refractivity contribution in [3.63, 3.8) is 0 Å². The molecular formula is C18H19ClN2O5S. The van der Waals surface area contributed by atoms with Crippen LogP contribution in [0.3, 0.4) is 0 Å². The Morgan fingerprint density at radius 3 is 2.48 bits per heavy atom. The van der Waals surface area contributed by atoms with Gasteiger partial charge in [0, 0.05) is 12.7 Å². The number of anilines is 2. The Morgan fingerprint density at radius 2 is 1.89 bits per heavy atom. The summed E-state index contributed by atoms with van der Waals surface area (Å²) in [5, 5.41) is 2.75. The third kappa shape index (κ3) is 5.21. The number of carbonyl (C=O) groups excluding carboxylic acids is 2. The third-order valence-electron chi connectivity index (χ3n) is 3.69. The number of halogens is 1. The molecule has 1 N–H and O–H groups in total. The maximum Gasteiger partial charge on any atom is 0.338 e. The minimum atomic E-state index is -3.44. The van der Waals surface area contributed by atoms with Crippen molar-refractivity contribution in [2.45, 2.75) is 6.92 Å². The highest BCUT2D eigenvalue weighted by Crippen LogP contribution is 2.25. The second-order valence-corrected chi connectivity index (χ2v) is 8.07. The molecule has 0 radical (unpaired) electrons. The number of ether oxygens (including phenoxy) is 1. The van der Waals surface area contributed by atoms with Gasteiger partial charge in [0.25, 0.3) is 5.91 Å². The summed E-state index contributed by atoms with van der Waals surface area (Å²) in [6.45, 7) is 1.95. The molecule has 0 saturated heterocycles. The molecule has 0 aliphatic carbocycles. The summed E-state index contributed by atoms with van der Waals surface area (Å²) in [6, 6.07) is 10.6. The molecule has 0 unspecified atom stereocenters. The standard InChI is InChI=1S/C18H19ClN2O5S/c1-4-26-18(23)12-6-5-7-13(10-12)20-17(22)15-9-8-14(11-16(15)19)21(2)27(3,24)25/h5-11H,4H2,1-3H3,(H,20,22). The van der Waals surface area contributed by atoms with Crippen molar-refractivity contribution in [1.82, 2.24) is 0 Å². The van der Waals surface area contributed by atoms with E-state index in [1.165, 1.54) is 31.3 Å². The van der Waals surface area contributed by atoms with Crippen molar-refractivity contribution in [1.29, 1.82) is 0 Å². The Bertz CT molecular complexity index is 975. The number of hydrogen-bond acceptors (Lipinski definition) is 5. The van der Waals surface area contributed by atoms with E-state index in [1.54, 1.807) is 25.1 Å². The van der Waals surface area contributed by atoms with E-state index in [-0.39, 0.29) is 17.2 Å². The first kappa shape index (κ1) is 20.7. The molecule has 1 amide bonds. The number of sulfonamides is 1. The maximum absolute atomic E-state index is 12.5. The van der Waals surface area contributed by atoms with Gasteiger partial charge in [-0.15, -0.1) is 0 Å². The fourth-order valence-corrected chi connectivity index (χ4v) is 2.97. The zero-order valence-corrected chi connectivity index (χ0v) is 16.6. The van der Waals surface area contributed by atoms with Gasteiger partial charge in [-0.3, -0.25) is 9.10 Å². The van der Waals surface area contributed by atoms with E-state index in [4.69, 9.17) is 16.3 Å². The average Bonchev–Trinajstić information content (AvgIpc) is 2.60. The molecule has 0 fully saturated rings. The van der Waals surface area contributed by atoms with Crippen molar-refractivity contribution < 1.29 is 22.7 Å². The van der Waals surface area contributed by atoms with Crippen LogP contribution >= 0.6 is 11.6 Å². The largest absolute Gasteiger partial charge is 0.462 e. The fourth-order valence-electron chi connectivity index (χ4n) is 2.21. The van der Waals surface area contributed by atoms with Gasteiger partial charge in [-0.25, -0.2) is 13.2 Å². The van der Waals surface area contributed by atoms with E-state index < -0.39 is 21.9 Å². The smallest absolute Gasteiger partial charge is 0.338 e. The zero-order chi connectivity index (χ0) is 20.2. The molecule has 0 atom stereocenters. The first-order valence-corrected chi connectivity index (χ1v) is 10.2. The third-order valence-corrected chi connectivity index (χ3v) is 5.21. The first-order chi connectivity index (χ1) is 12.6. The summed E-state index contributed by atoms with van der Waals surface area (Å²) in [5.74, 6) is -0.977. The van der Waals surface area contributed by atoms with Crippen LogP contribution in [0.15, 0.2) is 42.5 Å². The van der Waals surface area contributed by atoms with Crippen LogP contribution in [0.5, 0.6) is 0 Å². The minimum Gasteiger partial charge on any atom is -0.462 e. The van der Waals surface area contributed by atoms with Gasteiger partial charge in [-0.2, -0.15) is 0 Å². The lowest BCUT2D eigenvalue weighted by Gasteiger charge is -2.17. The van der Waals surface area contributed by atoms with Gasteiger partial charge in [0.15, 0.2) is 0 Å². The molecule has 2 aromatic carbocycles. The van der Waals surface area contributed by atoms with Crippen molar-refractivity contribution in [2.24, 2.45) is 0 Å². The quantitative estimate of drug-likeness (QED) is 0.738. The highest BCUT2D eigenvalue weighted by Gasteiger charge is 2.17. The van der Waals surface area contributed by atoms with Crippen LogP contribution in [0.4, 0.5) is 11.4 Å². The maximum atomic E-state index is 12.5. The number of amides is 1. The van der Waals surface area contributed by atoms with Crippen LogP contribution in [-0.2, 0) is 14.8 Å². The molecule has 0 aliphatic heterocycles. The molecule has 7 nitrogen and oxygen atoms in total. The van der Waals surface area contributed by atoms with E-state index in [0.717, 1.165) is 10.6 Å². The van der Waals surface area contributed by atoms with Crippen molar-refractivity contribution in [3.05, 3.63) is 58.6 Å². The molecule has 9 heteroatoms. The normalized spacial score (nSPS) is 11.0. The van der Waals surface area contributed by atoms with Crippen LogP contribution < -0.4 is 9.62 Å². The SMILES string of the molecule is CCOC(=O)c1cccc(NC(=O)c2ccc(N(C)S(C)(=O)=O)cc2Cl)c1. The lowest BCUT2D eigenvalue weighted by Crippen LogP contribution is -2.25. The summed E-state index contributed by atoms with van der Waals surface area (Å²) in [5.41, 5.74) is 1.22. The Hall–Kier alpha value is -2.58. The Kier molecular flexibility index (Phi) is 6.45. The molecule has 0 aromatic heterocycles. The molecule has 27 heavy (non-hydrogen) atoms. The average molecular weight is 411 g/mol. The summed E-state index contributed by atoms with van der Waals surface area (Å²) in [6.07, 6.45) is 1.07. The van der Waals surface area contributed by atoms with Crippen LogP contribution in [0.2, 0.25) is 5.02 Å². The van der Waals surface area contributed by atoms with Gasteiger partial charge in [0.2, 0.25) is 10.0 Å². The molecule has 0 aliphatic rings. The Labute approximate surface area is 162 Å². The summed E-state index contributed by atoms with van der Waals surface area (Å²) in [4.78, 5) is 24.3. The Morgan fingerprint density at radius 1 is 1.19 bits per heavy atom. The molecule has 0 bridgehead atoms. The molecule has 0 heterocycles. The summed E-state index contributed by atoms with van der Waals surface area (Å²) < 4.78 is 29.2. The Balaban J connectivity index is 2.22.